The Morgan fingerprint density at radius 2 is 2.15 bits per heavy atom. The molecule has 8 heteroatoms. The highest BCUT2D eigenvalue weighted by molar-refractivity contribution is 7.89. The second-order valence-corrected chi connectivity index (χ2v) is 6.84. The lowest BCUT2D eigenvalue weighted by atomic mass is 9.99. The van der Waals surface area contributed by atoms with Crippen molar-refractivity contribution in [3.63, 3.8) is 0 Å². The zero-order valence-corrected chi connectivity index (χ0v) is 12.7. The van der Waals surface area contributed by atoms with Crippen molar-refractivity contribution in [2.45, 2.75) is 31.6 Å². The first kappa shape index (κ1) is 15.0. The molecule has 1 saturated heterocycles. The number of rotatable bonds is 3. The molecule has 1 aromatic rings. The molecule has 0 unspecified atom stereocenters. The van der Waals surface area contributed by atoms with Gasteiger partial charge in [0.25, 0.3) is 0 Å². The van der Waals surface area contributed by atoms with Crippen LogP contribution in [0.3, 0.4) is 0 Å². The van der Waals surface area contributed by atoms with Crippen LogP contribution in [0.25, 0.3) is 0 Å². The molecular formula is C12H19N3O4S. The minimum absolute atomic E-state index is 0.120. The number of aromatic nitrogens is 1. The van der Waals surface area contributed by atoms with E-state index in [-0.39, 0.29) is 29.0 Å². The summed E-state index contributed by atoms with van der Waals surface area (Å²) < 4.78 is 31.6. The second kappa shape index (κ2) is 5.53. The minimum Gasteiger partial charge on any atom is -0.360 e. The molecule has 0 aliphatic carbocycles. The highest BCUT2D eigenvalue weighted by Crippen LogP contribution is 2.27. The third-order valence-electron chi connectivity index (χ3n) is 3.57. The molecule has 112 valence electrons. The highest BCUT2D eigenvalue weighted by atomic mass is 32.2. The standard InChI is InChI=1S/C12H19N3O4S/c1-8-11(9(2)19-14-8)20(17,18)15-6-4-5-10(7-15)12(16)13-3/h10H,4-7H2,1-3H3,(H,13,16)/t10-/m0/s1. The van der Waals surface area contributed by atoms with Crippen LogP contribution in [0.5, 0.6) is 0 Å². The molecule has 2 heterocycles. The fourth-order valence-electron chi connectivity index (χ4n) is 2.55. The molecule has 0 saturated carbocycles. The van der Waals surface area contributed by atoms with Crippen LogP contribution in [0.15, 0.2) is 9.42 Å². The summed E-state index contributed by atoms with van der Waals surface area (Å²) in [6, 6.07) is 0. The SMILES string of the molecule is CNC(=O)[C@H]1CCCN(S(=O)(=O)c2c(C)noc2C)C1. The summed E-state index contributed by atoms with van der Waals surface area (Å²) >= 11 is 0. The zero-order valence-electron chi connectivity index (χ0n) is 11.8. The fraction of sp³-hybridized carbons (Fsp3) is 0.667. The summed E-state index contributed by atoms with van der Waals surface area (Å²) in [5.74, 6) is -0.141. The molecule has 1 fully saturated rings. The van der Waals surface area contributed by atoms with Crippen LogP contribution < -0.4 is 5.32 Å². The summed E-state index contributed by atoms with van der Waals surface area (Å²) in [5.41, 5.74) is 0.351. The molecular weight excluding hydrogens is 282 g/mol. The van der Waals surface area contributed by atoms with E-state index in [1.54, 1.807) is 20.9 Å². The van der Waals surface area contributed by atoms with Crippen LogP contribution in [-0.2, 0) is 14.8 Å². The molecule has 2 rings (SSSR count). The van der Waals surface area contributed by atoms with E-state index in [1.807, 2.05) is 0 Å². The van der Waals surface area contributed by atoms with Crippen LogP contribution >= 0.6 is 0 Å². The molecule has 0 radical (unpaired) electrons. The van der Waals surface area contributed by atoms with Crippen LogP contribution in [0.2, 0.25) is 0 Å². The summed E-state index contributed by atoms with van der Waals surface area (Å²) in [6.45, 7) is 3.79. The zero-order chi connectivity index (χ0) is 14.9. The molecule has 1 aliphatic heterocycles. The first-order chi connectivity index (χ1) is 9.37. The third kappa shape index (κ3) is 2.57. The number of amides is 1. The molecule has 7 nitrogen and oxygen atoms in total. The average Bonchev–Trinajstić information content (AvgIpc) is 2.78. The topological polar surface area (TPSA) is 92.5 Å². The van der Waals surface area contributed by atoms with Crippen LogP contribution in [0.4, 0.5) is 0 Å². The normalized spacial score (nSPS) is 20.9. The van der Waals surface area contributed by atoms with Crippen LogP contribution in [0.1, 0.15) is 24.3 Å². The van der Waals surface area contributed by atoms with Crippen LogP contribution in [0, 0.1) is 19.8 Å². The summed E-state index contributed by atoms with van der Waals surface area (Å²) in [7, 11) is -2.10. The van der Waals surface area contributed by atoms with Gasteiger partial charge >= 0.3 is 0 Å². The Bertz CT molecular complexity index is 589. The van der Waals surface area contributed by atoms with Crippen molar-refractivity contribution >= 4 is 15.9 Å². The summed E-state index contributed by atoms with van der Waals surface area (Å²) in [4.78, 5) is 11.8. The van der Waals surface area contributed by atoms with E-state index in [2.05, 4.69) is 10.5 Å². The number of carbonyl (C=O) groups is 1. The Morgan fingerprint density at radius 3 is 2.70 bits per heavy atom. The number of hydrogen-bond donors (Lipinski definition) is 1. The highest BCUT2D eigenvalue weighted by Gasteiger charge is 2.36. The van der Waals surface area contributed by atoms with Gasteiger partial charge in [-0.1, -0.05) is 5.16 Å². The lowest BCUT2D eigenvalue weighted by Gasteiger charge is -2.30. The van der Waals surface area contributed by atoms with Gasteiger partial charge in [-0.25, -0.2) is 8.42 Å². The van der Waals surface area contributed by atoms with E-state index >= 15 is 0 Å². The fourth-order valence-corrected chi connectivity index (χ4v) is 4.37. The Labute approximate surface area is 118 Å². The van der Waals surface area contributed by atoms with Crippen molar-refractivity contribution in [3.8, 4) is 0 Å². The van der Waals surface area contributed by atoms with E-state index < -0.39 is 10.0 Å². The van der Waals surface area contributed by atoms with Crippen LogP contribution in [-0.4, -0.2) is 43.9 Å². The van der Waals surface area contributed by atoms with Gasteiger partial charge < -0.3 is 9.84 Å². The molecule has 0 aromatic carbocycles. The van der Waals surface area contributed by atoms with Gasteiger partial charge in [0.2, 0.25) is 15.9 Å². The molecule has 1 N–H and O–H groups in total. The number of nitrogens with one attached hydrogen (secondary N) is 1. The van der Waals surface area contributed by atoms with E-state index in [4.69, 9.17) is 4.52 Å². The lowest BCUT2D eigenvalue weighted by Crippen LogP contribution is -2.44. The van der Waals surface area contributed by atoms with Gasteiger partial charge in [0.05, 0.1) is 5.92 Å². The number of nitrogens with zero attached hydrogens (tertiary/aromatic N) is 2. The quantitative estimate of drug-likeness (QED) is 0.874. The van der Waals surface area contributed by atoms with Gasteiger partial charge in [0.1, 0.15) is 10.6 Å². The number of hydrogen-bond acceptors (Lipinski definition) is 5. The van der Waals surface area contributed by atoms with Crippen molar-refractivity contribution in [2.24, 2.45) is 5.92 Å². The third-order valence-corrected chi connectivity index (χ3v) is 5.68. The predicted molar refractivity (Wildman–Crippen MR) is 71.5 cm³/mol. The Kier molecular flexibility index (Phi) is 4.14. The Balaban J connectivity index is 2.28. The van der Waals surface area contributed by atoms with Crippen molar-refractivity contribution in [2.75, 3.05) is 20.1 Å². The number of carbonyl (C=O) groups excluding carboxylic acids is 1. The summed E-state index contributed by atoms with van der Waals surface area (Å²) in [5, 5.41) is 6.26. The van der Waals surface area contributed by atoms with E-state index in [0.717, 1.165) is 0 Å². The first-order valence-corrected chi connectivity index (χ1v) is 7.96. The van der Waals surface area contributed by atoms with Gasteiger partial charge in [0, 0.05) is 20.1 Å². The number of sulfonamides is 1. The molecule has 1 atom stereocenters. The molecule has 1 aliphatic rings. The van der Waals surface area contributed by atoms with Gasteiger partial charge in [0.15, 0.2) is 5.76 Å². The Hall–Kier alpha value is -1.41. The average molecular weight is 301 g/mol. The van der Waals surface area contributed by atoms with Gasteiger partial charge in [-0.3, -0.25) is 4.79 Å². The lowest BCUT2D eigenvalue weighted by molar-refractivity contribution is -0.125. The second-order valence-electron chi connectivity index (χ2n) is 4.97. The van der Waals surface area contributed by atoms with Crippen molar-refractivity contribution in [3.05, 3.63) is 11.5 Å². The minimum atomic E-state index is -3.66. The maximum Gasteiger partial charge on any atom is 0.248 e. The maximum absolute atomic E-state index is 12.6. The largest absolute Gasteiger partial charge is 0.360 e. The molecule has 1 amide bonds. The predicted octanol–water partition coefficient (Wildman–Crippen LogP) is 0.438. The van der Waals surface area contributed by atoms with E-state index in [1.165, 1.54) is 4.31 Å². The molecule has 0 spiro atoms. The Morgan fingerprint density at radius 1 is 1.45 bits per heavy atom. The molecule has 20 heavy (non-hydrogen) atoms. The monoisotopic (exact) mass is 301 g/mol. The number of aryl methyl sites for hydroxylation is 2. The van der Waals surface area contributed by atoms with E-state index in [0.29, 0.717) is 25.1 Å². The first-order valence-electron chi connectivity index (χ1n) is 6.52. The van der Waals surface area contributed by atoms with Gasteiger partial charge in [-0.05, 0) is 26.7 Å². The van der Waals surface area contributed by atoms with Crippen molar-refractivity contribution < 1.29 is 17.7 Å². The van der Waals surface area contributed by atoms with Gasteiger partial charge in [-0.2, -0.15) is 4.31 Å². The van der Waals surface area contributed by atoms with E-state index in [9.17, 15) is 13.2 Å². The summed E-state index contributed by atoms with van der Waals surface area (Å²) in [6.07, 6.45) is 1.37. The van der Waals surface area contributed by atoms with Gasteiger partial charge in [-0.15, -0.1) is 0 Å². The van der Waals surface area contributed by atoms with Crippen molar-refractivity contribution in [1.29, 1.82) is 0 Å². The molecule has 1 aromatic heterocycles. The smallest absolute Gasteiger partial charge is 0.248 e. The number of piperidine rings is 1. The maximum atomic E-state index is 12.6. The van der Waals surface area contributed by atoms with Crippen molar-refractivity contribution in [1.82, 2.24) is 14.8 Å². The molecule has 0 bridgehead atoms.